The normalized spacial score (nSPS) is 20.3. The monoisotopic (exact) mass is 323 g/mol. The highest BCUT2D eigenvalue weighted by Crippen LogP contribution is 2.24. The van der Waals surface area contributed by atoms with Crippen molar-refractivity contribution in [3.8, 4) is 0 Å². The summed E-state index contributed by atoms with van der Waals surface area (Å²) in [6.07, 6.45) is 4.07. The Morgan fingerprint density at radius 3 is 3.08 bits per heavy atom. The van der Waals surface area contributed by atoms with Crippen molar-refractivity contribution in [2.75, 3.05) is 13.2 Å². The summed E-state index contributed by atoms with van der Waals surface area (Å²) in [6.45, 7) is 1.14. The summed E-state index contributed by atoms with van der Waals surface area (Å²) in [7, 11) is 0. The number of hydrogen-bond donors (Lipinski definition) is 2. The van der Waals surface area contributed by atoms with Gasteiger partial charge in [0.25, 0.3) is 5.91 Å². The lowest BCUT2D eigenvalue weighted by Gasteiger charge is -2.19. The van der Waals surface area contributed by atoms with Gasteiger partial charge in [0.2, 0.25) is 0 Å². The summed E-state index contributed by atoms with van der Waals surface area (Å²) in [5, 5.41) is 14.1. The number of carbonyl (C=O) groups excluding carboxylic acids is 1. The van der Waals surface area contributed by atoms with Gasteiger partial charge in [-0.15, -0.1) is 0 Å². The van der Waals surface area contributed by atoms with Gasteiger partial charge in [-0.05, 0) is 24.1 Å². The second-order valence-corrected chi connectivity index (χ2v) is 5.92. The minimum absolute atomic E-state index is 0.0406. The Morgan fingerprint density at radius 2 is 2.21 bits per heavy atom. The lowest BCUT2D eigenvalue weighted by atomic mass is 9.93. The van der Waals surface area contributed by atoms with Crippen LogP contribution >= 0.6 is 0 Å². The minimum Gasteiger partial charge on any atom is -0.379 e. The van der Waals surface area contributed by atoms with Crippen molar-refractivity contribution in [1.29, 1.82) is 0 Å². The quantitative estimate of drug-likeness (QED) is 0.756. The van der Waals surface area contributed by atoms with E-state index in [0.717, 1.165) is 17.3 Å². The van der Waals surface area contributed by atoms with Gasteiger partial charge in [0.15, 0.2) is 5.69 Å². The van der Waals surface area contributed by atoms with Gasteiger partial charge in [-0.25, -0.2) is 0 Å². The molecule has 0 radical (unpaired) electrons. The largest absolute Gasteiger partial charge is 0.379 e. The Kier molecular flexibility index (Phi) is 3.92. The van der Waals surface area contributed by atoms with Gasteiger partial charge in [-0.1, -0.05) is 18.2 Å². The number of amides is 1. The van der Waals surface area contributed by atoms with Gasteiger partial charge >= 0.3 is 0 Å². The van der Waals surface area contributed by atoms with Crippen molar-refractivity contribution in [2.45, 2.75) is 12.5 Å². The number of nitrogens with zero attached hydrogens (tertiary/aromatic N) is 3. The Morgan fingerprint density at radius 1 is 1.29 bits per heavy atom. The molecule has 0 aliphatic carbocycles. The summed E-state index contributed by atoms with van der Waals surface area (Å²) in [6, 6.07) is 10.1. The van der Waals surface area contributed by atoms with Crippen molar-refractivity contribution in [1.82, 2.24) is 25.7 Å². The SMILES string of the molecule is O=C(N[C@@H]1COC[C@H]1Cc1ccnc2ccccc12)c1cn[nH]n1. The lowest BCUT2D eigenvalue weighted by Crippen LogP contribution is -2.40. The highest BCUT2D eigenvalue weighted by Gasteiger charge is 2.30. The van der Waals surface area contributed by atoms with Crippen molar-refractivity contribution in [2.24, 2.45) is 5.92 Å². The average Bonchev–Trinajstić information content (AvgIpc) is 3.28. The van der Waals surface area contributed by atoms with Crippen LogP contribution in [0.15, 0.2) is 42.7 Å². The zero-order valence-corrected chi connectivity index (χ0v) is 13.0. The summed E-state index contributed by atoms with van der Waals surface area (Å²) < 4.78 is 5.60. The van der Waals surface area contributed by atoms with Crippen molar-refractivity contribution in [3.63, 3.8) is 0 Å². The molecule has 0 spiro atoms. The maximum absolute atomic E-state index is 12.2. The highest BCUT2D eigenvalue weighted by atomic mass is 16.5. The average molecular weight is 323 g/mol. The van der Waals surface area contributed by atoms with Crippen LogP contribution in [0.1, 0.15) is 16.1 Å². The molecule has 0 unspecified atom stereocenters. The van der Waals surface area contributed by atoms with Crippen LogP contribution in [0.2, 0.25) is 0 Å². The van der Waals surface area contributed by atoms with E-state index in [9.17, 15) is 4.79 Å². The second kappa shape index (κ2) is 6.37. The third-order valence-electron chi connectivity index (χ3n) is 4.38. The van der Waals surface area contributed by atoms with Crippen molar-refractivity contribution in [3.05, 3.63) is 54.0 Å². The number of fused-ring (bicyclic) bond motifs is 1. The maximum Gasteiger partial charge on any atom is 0.273 e. The molecule has 1 aliphatic heterocycles. The first-order valence-corrected chi connectivity index (χ1v) is 7.88. The van der Waals surface area contributed by atoms with Gasteiger partial charge in [-0.2, -0.15) is 15.4 Å². The van der Waals surface area contributed by atoms with Crippen LogP contribution in [0.4, 0.5) is 0 Å². The summed E-state index contributed by atoms with van der Waals surface area (Å²) in [4.78, 5) is 16.6. The number of benzene rings is 1. The Bertz CT molecular complexity index is 844. The fourth-order valence-electron chi connectivity index (χ4n) is 3.13. The minimum atomic E-state index is -0.233. The second-order valence-electron chi connectivity index (χ2n) is 5.92. The number of H-pyrrole nitrogens is 1. The van der Waals surface area contributed by atoms with E-state index >= 15 is 0 Å². The number of hydrogen-bond acceptors (Lipinski definition) is 5. The molecule has 1 saturated heterocycles. The molecule has 1 amide bonds. The van der Waals surface area contributed by atoms with Gasteiger partial charge in [-0.3, -0.25) is 9.78 Å². The summed E-state index contributed by atoms with van der Waals surface area (Å²) in [5.41, 5.74) is 2.49. The number of para-hydroxylation sites is 1. The molecule has 0 bridgehead atoms. The molecule has 1 aliphatic rings. The molecular weight excluding hydrogens is 306 g/mol. The van der Waals surface area contributed by atoms with E-state index in [4.69, 9.17) is 4.74 Å². The Labute approximate surface area is 138 Å². The van der Waals surface area contributed by atoms with Crippen LogP contribution in [0.25, 0.3) is 10.9 Å². The van der Waals surface area contributed by atoms with E-state index in [0.29, 0.717) is 13.2 Å². The van der Waals surface area contributed by atoms with E-state index < -0.39 is 0 Å². The molecule has 2 aromatic heterocycles. The smallest absolute Gasteiger partial charge is 0.273 e. The maximum atomic E-state index is 12.2. The summed E-state index contributed by atoms with van der Waals surface area (Å²) in [5.74, 6) is -0.0181. The molecule has 3 aromatic rings. The van der Waals surface area contributed by atoms with Crippen molar-refractivity contribution >= 4 is 16.8 Å². The van der Waals surface area contributed by atoms with Crippen LogP contribution in [0, 0.1) is 5.92 Å². The first kappa shape index (κ1) is 14.8. The first-order valence-electron chi connectivity index (χ1n) is 7.88. The number of pyridine rings is 1. The molecule has 1 fully saturated rings. The predicted molar refractivity (Wildman–Crippen MR) is 87.4 cm³/mol. The third kappa shape index (κ3) is 2.85. The van der Waals surface area contributed by atoms with Crippen LogP contribution in [0.3, 0.4) is 0 Å². The fraction of sp³-hybridized carbons (Fsp3) is 0.294. The van der Waals surface area contributed by atoms with E-state index in [2.05, 4.69) is 31.8 Å². The van der Waals surface area contributed by atoms with Crippen LogP contribution in [0.5, 0.6) is 0 Å². The predicted octanol–water partition coefficient (Wildman–Crippen LogP) is 1.34. The zero-order chi connectivity index (χ0) is 16.4. The van der Waals surface area contributed by atoms with E-state index in [-0.39, 0.29) is 23.6 Å². The van der Waals surface area contributed by atoms with E-state index in [1.165, 1.54) is 11.8 Å². The molecule has 2 N–H and O–H groups in total. The standard InChI is InChI=1S/C17H17N5O2/c23-17(15-8-19-22-21-15)20-16-10-24-9-12(16)7-11-5-6-18-14-4-2-1-3-13(11)14/h1-6,8,12,16H,7,9-10H2,(H,20,23)(H,19,21,22)/t12-,16-/m1/s1. The number of aromatic amines is 1. The van der Waals surface area contributed by atoms with Gasteiger partial charge < -0.3 is 10.1 Å². The molecule has 3 heterocycles. The van der Waals surface area contributed by atoms with Gasteiger partial charge in [0.05, 0.1) is 31.0 Å². The Balaban J connectivity index is 1.51. The van der Waals surface area contributed by atoms with Crippen LogP contribution in [-0.2, 0) is 11.2 Å². The number of aromatic nitrogens is 4. The van der Waals surface area contributed by atoms with Crippen LogP contribution < -0.4 is 5.32 Å². The zero-order valence-electron chi connectivity index (χ0n) is 13.0. The molecular formula is C17H17N5O2. The number of rotatable bonds is 4. The van der Waals surface area contributed by atoms with Crippen LogP contribution in [-0.4, -0.2) is 45.6 Å². The number of ether oxygens (including phenoxy) is 1. The third-order valence-corrected chi connectivity index (χ3v) is 4.38. The summed E-state index contributed by atoms with van der Waals surface area (Å²) >= 11 is 0. The van der Waals surface area contributed by atoms with Gasteiger partial charge in [0, 0.05) is 17.5 Å². The number of carbonyl (C=O) groups is 1. The van der Waals surface area contributed by atoms with Gasteiger partial charge in [0.1, 0.15) is 0 Å². The first-order chi connectivity index (χ1) is 11.8. The van der Waals surface area contributed by atoms with E-state index in [1.54, 1.807) is 0 Å². The highest BCUT2D eigenvalue weighted by molar-refractivity contribution is 5.92. The molecule has 0 saturated carbocycles. The Hall–Kier alpha value is -2.80. The van der Waals surface area contributed by atoms with E-state index in [1.807, 2.05) is 30.5 Å². The molecule has 122 valence electrons. The molecule has 7 heteroatoms. The lowest BCUT2D eigenvalue weighted by molar-refractivity contribution is 0.0920. The molecule has 2 atom stereocenters. The topological polar surface area (TPSA) is 92.8 Å². The molecule has 24 heavy (non-hydrogen) atoms. The molecule has 7 nitrogen and oxygen atoms in total. The van der Waals surface area contributed by atoms with Crippen molar-refractivity contribution < 1.29 is 9.53 Å². The number of nitrogens with one attached hydrogen (secondary N) is 2. The fourth-order valence-corrected chi connectivity index (χ4v) is 3.13. The molecule has 4 rings (SSSR count). The molecule has 1 aromatic carbocycles.